The van der Waals surface area contributed by atoms with Gasteiger partial charge in [-0.25, -0.2) is 22.8 Å². The first-order valence-corrected chi connectivity index (χ1v) is 12.1. The van der Waals surface area contributed by atoms with Crippen molar-refractivity contribution in [2.45, 2.75) is 37.1 Å². The molecule has 0 bridgehead atoms. The van der Waals surface area contributed by atoms with E-state index in [1.54, 1.807) is 10.8 Å². The number of alkyl halides is 3. The molecule has 9 nitrogen and oxygen atoms in total. The summed E-state index contributed by atoms with van der Waals surface area (Å²) in [5.41, 5.74) is 0.325. The number of halogens is 4. The van der Waals surface area contributed by atoms with Gasteiger partial charge in [0.2, 0.25) is 16.0 Å². The summed E-state index contributed by atoms with van der Waals surface area (Å²) in [6.45, 7) is 2.04. The number of hydrogen-bond donors (Lipinski definition) is 2. The Kier molecular flexibility index (Phi) is 6.72. The molecule has 0 saturated carbocycles. The van der Waals surface area contributed by atoms with Gasteiger partial charge in [-0.3, -0.25) is 9.55 Å². The lowest BCUT2D eigenvalue weighted by molar-refractivity contribution is -0.147. The second-order valence-corrected chi connectivity index (χ2v) is 9.76. The van der Waals surface area contributed by atoms with Crippen LogP contribution in [-0.4, -0.2) is 45.3 Å². The summed E-state index contributed by atoms with van der Waals surface area (Å²) in [6.07, 6.45) is -2.26. The molecule has 37 heavy (non-hydrogen) atoms. The number of aliphatic hydroxyl groups excluding tert-OH is 1. The van der Waals surface area contributed by atoms with Crippen LogP contribution < -0.4 is 4.72 Å². The van der Waals surface area contributed by atoms with Crippen molar-refractivity contribution >= 4 is 20.9 Å². The monoisotopic (exact) mass is 534 g/mol. The quantitative estimate of drug-likeness (QED) is 0.360. The van der Waals surface area contributed by atoms with Crippen molar-refractivity contribution in [3.05, 3.63) is 65.9 Å². The van der Waals surface area contributed by atoms with Gasteiger partial charge in [0.15, 0.2) is 0 Å². The standard InChI is InChI=1S/C23H18F4N6O3S/c1-12(34)15-9-20-16(8-18(15)24)17(10-28)21(33(20)22-29-6-3-7-30-22)19-5-4-14(11-31-19)37(35,36)32-13(2)23(25,26)27/h3-9,11-13,32,34H,1-2H3. The number of aliphatic hydroxyl groups is 1. The molecule has 0 aliphatic heterocycles. The summed E-state index contributed by atoms with van der Waals surface area (Å²) in [4.78, 5) is 11.9. The summed E-state index contributed by atoms with van der Waals surface area (Å²) >= 11 is 0. The summed E-state index contributed by atoms with van der Waals surface area (Å²) in [5, 5.41) is 20.1. The maximum Gasteiger partial charge on any atom is 0.404 e. The predicted molar refractivity (Wildman–Crippen MR) is 123 cm³/mol. The predicted octanol–water partition coefficient (Wildman–Crippen LogP) is 3.78. The van der Waals surface area contributed by atoms with Crippen LogP contribution in [-0.2, 0) is 10.0 Å². The topological polar surface area (TPSA) is 134 Å². The third kappa shape index (κ3) is 4.88. The molecule has 14 heteroatoms. The van der Waals surface area contributed by atoms with Crippen LogP contribution in [0.4, 0.5) is 17.6 Å². The zero-order valence-corrected chi connectivity index (χ0v) is 20.0. The zero-order valence-electron chi connectivity index (χ0n) is 19.2. The lowest BCUT2D eigenvalue weighted by Gasteiger charge is -2.17. The first kappa shape index (κ1) is 26.1. The molecule has 0 saturated heterocycles. The highest BCUT2D eigenvalue weighted by molar-refractivity contribution is 7.89. The number of sulfonamides is 1. The van der Waals surface area contributed by atoms with E-state index in [-0.39, 0.29) is 39.4 Å². The van der Waals surface area contributed by atoms with Crippen LogP contribution in [0.25, 0.3) is 28.2 Å². The van der Waals surface area contributed by atoms with Crippen molar-refractivity contribution in [1.82, 2.24) is 24.2 Å². The minimum Gasteiger partial charge on any atom is -0.389 e. The third-order valence-electron chi connectivity index (χ3n) is 5.51. The zero-order chi connectivity index (χ0) is 27.1. The Balaban J connectivity index is 1.93. The molecule has 3 heterocycles. The molecule has 0 spiro atoms. The second kappa shape index (κ2) is 9.51. The Hall–Kier alpha value is -3.93. The van der Waals surface area contributed by atoms with E-state index >= 15 is 0 Å². The van der Waals surface area contributed by atoms with Crippen molar-refractivity contribution in [1.29, 1.82) is 5.26 Å². The molecule has 1 aromatic carbocycles. The SMILES string of the molecule is CC(O)c1cc2c(cc1F)c(C#N)c(-c1ccc(S(=O)(=O)NC(C)C(F)(F)F)cn1)n2-c1ncccn1. The van der Waals surface area contributed by atoms with Gasteiger partial charge >= 0.3 is 6.18 Å². The Morgan fingerprint density at radius 2 is 1.81 bits per heavy atom. The molecule has 0 aliphatic rings. The summed E-state index contributed by atoms with van der Waals surface area (Å²) in [5.74, 6) is -0.678. The molecule has 2 atom stereocenters. The van der Waals surface area contributed by atoms with Gasteiger partial charge in [-0.05, 0) is 44.2 Å². The maximum absolute atomic E-state index is 14.7. The summed E-state index contributed by atoms with van der Waals surface area (Å²) < 4.78 is 81.1. The Labute approximate surface area is 208 Å². The fraction of sp³-hybridized carbons (Fsp3) is 0.217. The van der Waals surface area contributed by atoms with Gasteiger partial charge in [0, 0.05) is 29.5 Å². The number of pyridine rings is 1. The average Bonchev–Trinajstić information content (AvgIpc) is 3.16. The highest BCUT2D eigenvalue weighted by atomic mass is 32.2. The third-order valence-corrected chi connectivity index (χ3v) is 7.04. The van der Waals surface area contributed by atoms with Gasteiger partial charge in [0.05, 0.1) is 28.6 Å². The number of nitrogens with one attached hydrogen (secondary N) is 1. The van der Waals surface area contributed by atoms with Crippen LogP contribution in [0.1, 0.15) is 31.1 Å². The molecule has 192 valence electrons. The fourth-order valence-corrected chi connectivity index (χ4v) is 4.83. The van der Waals surface area contributed by atoms with E-state index in [1.165, 1.54) is 36.0 Å². The molecule has 0 fully saturated rings. The van der Waals surface area contributed by atoms with Gasteiger partial charge in [-0.1, -0.05) is 0 Å². The first-order chi connectivity index (χ1) is 17.3. The van der Waals surface area contributed by atoms with E-state index in [2.05, 4.69) is 15.0 Å². The van der Waals surface area contributed by atoms with E-state index < -0.39 is 39.1 Å². The molecule has 0 amide bonds. The van der Waals surface area contributed by atoms with Gasteiger partial charge in [0.1, 0.15) is 22.8 Å². The summed E-state index contributed by atoms with van der Waals surface area (Å²) in [7, 11) is -4.57. The lowest BCUT2D eigenvalue weighted by atomic mass is 10.0. The van der Waals surface area contributed by atoms with Gasteiger partial charge in [-0.15, -0.1) is 0 Å². The minimum absolute atomic E-state index is 0.0366. The Morgan fingerprint density at radius 1 is 1.14 bits per heavy atom. The number of aromatic nitrogens is 4. The Morgan fingerprint density at radius 3 is 2.35 bits per heavy atom. The van der Waals surface area contributed by atoms with Crippen molar-refractivity contribution in [2.24, 2.45) is 0 Å². The highest BCUT2D eigenvalue weighted by Gasteiger charge is 2.39. The molecule has 2 unspecified atom stereocenters. The van der Waals surface area contributed by atoms with Crippen LogP contribution in [0.15, 0.2) is 53.8 Å². The molecule has 4 rings (SSSR count). The smallest absolute Gasteiger partial charge is 0.389 e. The van der Waals surface area contributed by atoms with E-state index in [9.17, 15) is 36.3 Å². The molecular formula is C23H18F4N6O3S. The normalized spacial score (nSPS) is 13.9. The van der Waals surface area contributed by atoms with Crippen molar-refractivity contribution in [3.63, 3.8) is 0 Å². The van der Waals surface area contributed by atoms with Crippen LogP contribution in [0.2, 0.25) is 0 Å². The van der Waals surface area contributed by atoms with Crippen molar-refractivity contribution in [3.8, 4) is 23.4 Å². The average molecular weight is 534 g/mol. The maximum atomic E-state index is 14.7. The fourth-order valence-electron chi connectivity index (χ4n) is 3.66. The lowest BCUT2D eigenvalue weighted by Crippen LogP contribution is -2.42. The summed E-state index contributed by atoms with van der Waals surface area (Å²) in [6, 6.07) is 5.87. The minimum atomic E-state index is -4.79. The molecule has 2 N–H and O–H groups in total. The van der Waals surface area contributed by atoms with Crippen LogP contribution in [0.5, 0.6) is 0 Å². The molecule has 0 radical (unpaired) electrons. The van der Waals surface area contributed by atoms with E-state index in [0.717, 1.165) is 18.3 Å². The Bertz CT molecular complexity index is 1610. The molecular weight excluding hydrogens is 516 g/mol. The number of nitrogens with zero attached hydrogens (tertiary/aromatic N) is 5. The largest absolute Gasteiger partial charge is 0.404 e. The van der Waals surface area contributed by atoms with Gasteiger partial charge in [0.25, 0.3) is 0 Å². The number of nitriles is 1. The van der Waals surface area contributed by atoms with Crippen molar-refractivity contribution in [2.75, 3.05) is 0 Å². The van der Waals surface area contributed by atoms with Crippen LogP contribution in [0.3, 0.4) is 0 Å². The molecule has 3 aromatic heterocycles. The van der Waals surface area contributed by atoms with Crippen LogP contribution in [0, 0.1) is 17.1 Å². The number of benzene rings is 1. The first-order valence-electron chi connectivity index (χ1n) is 10.6. The second-order valence-electron chi connectivity index (χ2n) is 8.05. The molecule has 4 aromatic rings. The van der Waals surface area contributed by atoms with Gasteiger partial charge < -0.3 is 5.11 Å². The van der Waals surface area contributed by atoms with Crippen molar-refractivity contribution < 1.29 is 31.1 Å². The van der Waals surface area contributed by atoms with Gasteiger partial charge in [-0.2, -0.15) is 23.2 Å². The number of hydrogen-bond acceptors (Lipinski definition) is 7. The van der Waals surface area contributed by atoms with E-state index in [0.29, 0.717) is 6.92 Å². The van der Waals surface area contributed by atoms with E-state index in [4.69, 9.17) is 0 Å². The van der Waals surface area contributed by atoms with Crippen LogP contribution >= 0.6 is 0 Å². The van der Waals surface area contributed by atoms with E-state index in [1.807, 2.05) is 6.07 Å². The number of rotatable bonds is 6. The number of fused-ring (bicyclic) bond motifs is 1. The highest BCUT2D eigenvalue weighted by Crippen LogP contribution is 2.37. The molecule has 0 aliphatic carbocycles.